The zero-order valence-electron chi connectivity index (χ0n) is 11.7. The van der Waals surface area contributed by atoms with Gasteiger partial charge in [0, 0.05) is 13.1 Å². The number of aromatic carboxylic acids is 1. The Morgan fingerprint density at radius 2 is 1.85 bits per heavy atom. The predicted octanol–water partition coefficient (Wildman–Crippen LogP) is 2.62. The average molecular weight is 275 g/mol. The maximum Gasteiger partial charge on any atom is 0.356 e. The van der Waals surface area contributed by atoms with E-state index in [1.807, 2.05) is 11.7 Å². The molecule has 2 N–H and O–H groups in total. The Kier molecular flexibility index (Phi) is 2.59. The minimum Gasteiger partial charge on any atom is -0.476 e. The van der Waals surface area contributed by atoms with Gasteiger partial charge < -0.3 is 10.4 Å². The van der Waals surface area contributed by atoms with Gasteiger partial charge in [0.1, 0.15) is 5.82 Å². The van der Waals surface area contributed by atoms with E-state index in [-0.39, 0.29) is 5.69 Å². The fourth-order valence-corrected chi connectivity index (χ4v) is 5.21. The molecule has 4 bridgehead atoms. The number of hydrogen-bond donors (Lipinski definition) is 2. The smallest absolute Gasteiger partial charge is 0.356 e. The molecule has 4 saturated carbocycles. The standard InChI is InChI=1S/C15H21N3O2/c1-16-13-7-12(15(19)20)17-18(13)14-10-3-8-2-9(5-10)6-11(14)4-8/h7-11,14,16H,2-6H2,1H3,(H,19,20). The van der Waals surface area contributed by atoms with Crippen LogP contribution >= 0.6 is 0 Å². The van der Waals surface area contributed by atoms with E-state index in [9.17, 15) is 4.79 Å². The van der Waals surface area contributed by atoms with Gasteiger partial charge in [0.25, 0.3) is 0 Å². The Balaban J connectivity index is 1.72. The first-order valence-electron chi connectivity index (χ1n) is 7.66. The van der Waals surface area contributed by atoms with Crippen LogP contribution in [0.3, 0.4) is 0 Å². The lowest BCUT2D eigenvalue weighted by molar-refractivity contribution is -0.0329. The highest BCUT2D eigenvalue weighted by Gasteiger charge is 2.49. The Labute approximate surface area is 118 Å². The lowest BCUT2D eigenvalue weighted by Crippen LogP contribution is -2.46. The Morgan fingerprint density at radius 1 is 1.25 bits per heavy atom. The molecule has 1 aromatic rings. The topological polar surface area (TPSA) is 67.2 Å². The lowest BCUT2D eigenvalue weighted by atomic mass is 9.54. The summed E-state index contributed by atoms with van der Waals surface area (Å²) in [5, 5.41) is 16.7. The van der Waals surface area contributed by atoms with Crippen molar-refractivity contribution in [2.24, 2.45) is 23.7 Å². The van der Waals surface area contributed by atoms with Crippen LogP contribution in [0.1, 0.15) is 48.6 Å². The number of carboxylic acid groups (broad SMARTS) is 1. The first-order valence-corrected chi connectivity index (χ1v) is 7.66. The van der Waals surface area contributed by atoms with Crippen LogP contribution < -0.4 is 5.32 Å². The number of anilines is 1. The average Bonchev–Trinajstić information content (AvgIpc) is 2.81. The van der Waals surface area contributed by atoms with Crippen molar-refractivity contribution >= 4 is 11.8 Å². The molecule has 4 aliphatic carbocycles. The van der Waals surface area contributed by atoms with Crippen LogP contribution in [-0.4, -0.2) is 27.9 Å². The highest BCUT2D eigenvalue weighted by molar-refractivity contribution is 5.86. The van der Waals surface area contributed by atoms with Crippen molar-refractivity contribution in [1.29, 1.82) is 0 Å². The summed E-state index contributed by atoms with van der Waals surface area (Å²) < 4.78 is 1.98. The van der Waals surface area contributed by atoms with Gasteiger partial charge >= 0.3 is 5.97 Å². The molecular formula is C15H21N3O2. The normalized spacial score (nSPS) is 38.1. The molecule has 0 amide bonds. The van der Waals surface area contributed by atoms with Crippen molar-refractivity contribution in [2.45, 2.75) is 38.1 Å². The van der Waals surface area contributed by atoms with Crippen LogP contribution in [0.2, 0.25) is 0 Å². The zero-order valence-corrected chi connectivity index (χ0v) is 11.7. The fourth-order valence-electron chi connectivity index (χ4n) is 5.21. The Bertz CT molecular complexity index is 523. The summed E-state index contributed by atoms with van der Waals surface area (Å²) in [4.78, 5) is 11.2. The van der Waals surface area contributed by atoms with Gasteiger partial charge in [0.2, 0.25) is 0 Å². The largest absolute Gasteiger partial charge is 0.476 e. The molecule has 0 unspecified atom stereocenters. The first kappa shape index (κ1) is 12.2. The molecular weight excluding hydrogens is 254 g/mol. The number of hydrogen-bond acceptors (Lipinski definition) is 3. The van der Waals surface area contributed by atoms with Gasteiger partial charge in [-0.05, 0) is 55.8 Å². The van der Waals surface area contributed by atoms with Crippen molar-refractivity contribution < 1.29 is 9.90 Å². The molecule has 0 aromatic carbocycles. The lowest BCUT2D eigenvalue weighted by Gasteiger charge is -2.54. The molecule has 4 fully saturated rings. The highest BCUT2D eigenvalue weighted by Crippen LogP contribution is 2.58. The molecule has 5 heteroatoms. The highest BCUT2D eigenvalue weighted by atomic mass is 16.4. The van der Waals surface area contributed by atoms with E-state index in [1.54, 1.807) is 6.07 Å². The maximum absolute atomic E-state index is 11.2. The second-order valence-corrected chi connectivity index (χ2v) is 6.84. The molecule has 0 spiro atoms. The summed E-state index contributed by atoms with van der Waals surface area (Å²) >= 11 is 0. The second kappa shape index (κ2) is 4.24. The van der Waals surface area contributed by atoms with Crippen molar-refractivity contribution in [3.8, 4) is 0 Å². The number of nitrogens with zero attached hydrogens (tertiary/aromatic N) is 2. The van der Waals surface area contributed by atoms with E-state index >= 15 is 0 Å². The molecule has 1 aromatic heterocycles. The van der Waals surface area contributed by atoms with Crippen molar-refractivity contribution in [2.75, 3.05) is 12.4 Å². The summed E-state index contributed by atoms with van der Waals surface area (Å²) in [7, 11) is 1.84. The van der Waals surface area contributed by atoms with Crippen LogP contribution in [0.25, 0.3) is 0 Å². The zero-order chi connectivity index (χ0) is 13.9. The fraction of sp³-hybridized carbons (Fsp3) is 0.733. The van der Waals surface area contributed by atoms with Crippen LogP contribution in [0.4, 0.5) is 5.82 Å². The van der Waals surface area contributed by atoms with Crippen LogP contribution in [0, 0.1) is 23.7 Å². The molecule has 108 valence electrons. The number of nitrogens with one attached hydrogen (secondary N) is 1. The third-order valence-electron chi connectivity index (χ3n) is 5.67. The quantitative estimate of drug-likeness (QED) is 0.890. The third-order valence-corrected chi connectivity index (χ3v) is 5.67. The van der Waals surface area contributed by atoms with E-state index in [2.05, 4.69) is 10.4 Å². The number of carboxylic acids is 1. The summed E-state index contributed by atoms with van der Waals surface area (Å²) in [5.41, 5.74) is 0.156. The van der Waals surface area contributed by atoms with Crippen LogP contribution in [-0.2, 0) is 0 Å². The SMILES string of the molecule is CNc1cc(C(=O)O)nn1C1C2CC3CC(C2)CC1C3. The first-order chi connectivity index (χ1) is 9.65. The summed E-state index contributed by atoms with van der Waals surface area (Å²) in [6.07, 6.45) is 6.66. The Hall–Kier alpha value is -1.52. The molecule has 0 radical (unpaired) electrons. The van der Waals surface area contributed by atoms with Gasteiger partial charge in [-0.2, -0.15) is 5.10 Å². The van der Waals surface area contributed by atoms with Crippen LogP contribution in [0.15, 0.2) is 6.07 Å². The minimum absolute atomic E-state index is 0.156. The third kappa shape index (κ3) is 1.68. The van der Waals surface area contributed by atoms with Gasteiger partial charge in [-0.15, -0.1) is 0 Å². The number of rotatable bonds is 3. The maximum atomic E-state index is 11.2. The molecule has 5 rings (SSSR count). The molecule has 0 atom stereocenters. The Morgan fingerprint density at radius 3 is 2.35 bits per heavy atom. The van der Waals surface area contributed by atoms with Gasteiger partial charge in [-0.25, -0.2) is 9.48 Å². The van der Waals surface area contributed by atoms with Crippen molar-refractivity contribution in [1.82, 2.24) is 9.78 Å². The van der Waals surface area contributed by atoms with E-state index in [0.29, 0.717) is 17.9 Å². The van der Waals surface area contributed by atoms with Crippen molar-refractivity contribution in [3.05, 3.63) is 11.8 Å². The molecule has 1 heterocycles. The molecule has 0 saturated heterocycles. The summed E-state index contributed by atoms with van der Waals surface area (Å²) in [5.74, 6) is 3.13. The van der Waals surface area contributed by atoms with E-state index in [0.717, 1.165) is 17.7 Å². The molecule has 5 nitrogen and oxygen atoms in total. The summed E-state index contributed by atoms with van der Waals surface area (Å²) in [6, 6.07) is 2.06. The number of aromatic nitrogens is 2. The number of carbonyl (C=O) groups is 1. The monoisotopic (exact) mass is 275 g/mol. The molecule has 20 heavy (non-hydrogen) atoms. The molecule has 0 aliphatic heterocycles. The van der Waals surface area contributed by atoms with Crippen molar-refractivity contribution in [3.63, 3.8) is 0 Å². The van der Waals surface area contributed by atoms with Gasteiger partial charge in [0.05, 0.1) is 6.04 Å². The van der Waals surface area contributed by atoms with Gasteiger partial charge in [-0.3, -0.25) is 0 Å². The summed E-state index contributed by atoms with van der Waals surface area (Å²) in [6.45, 7) is 0. The van der Waals surface area contributed by atoms with E-state index in [1.165, 1.54) is 32.1 Å². The molecule has 4 aliphatic rings. The van der Waals surface area contributed by atoms with Gasteiger partial charge in [-0.1, -0.05) is 0 Å². The van der Waals surface area contributed by atoms with Crippen LogP contribution in [0.5, 0.6) is 0 Å². The second-order valence-electron chi connectivity index (χ2n) is 6.84. The van der Waals surface area contributed by atoms with E-state index in [4.69, 9.17) is 5.11 Å². The predicted molar refractivity (Wildman–Crippen MR) is 74.8 cm³/mol. The van der Waals surface area contributed by atoms with Gasteiger partial charge in [0.15, 0.2) is 5.69 Å². The minimum atomic E-state index is -0.941. The van der Waals surface area contributed by atoms with E-state index < -0.39 is 5.97 Å².